The molecule has 1 N–H and O–H groups in total. The average Bonchev–Trinajstić information content (AvgIpc) is 2.88. The molecule has 2 bridgehead atoms. The molecule has 2 aliphatic carbocycles. The molecule has 0 aliphatic heterocycles. The molecule has 2 aliphatic rings. The van der Waals surface area contributed by atoms with E-state index < -0.39 is 23.8 Å². The molecule has 0 aromatic heterocycles. The van der Waals surface area contributed by atoms with Gasteiger partial charge in [0.25, 0.3) is 0 Å². The number of aliphatic carboxylic acids is 1. The molecule has 0 saturated heterocycles. The number of carbonyl (C=O) groups is 2. The Kier molecular flexibility index (Phi) is 3.71. The number of carbonyl (C=O) groups excluding carboxylic acids is 1. The van der Waals surface area contributed by atoms with E-state index in [0.717, 1.165) is 6.42 Å². The zero-order valence-corrected chi connectivity index (χ0v) is 10.5. The summed E-state index contributed by atoms with van der Waals surface area (Å²) in [6.07, 6.45) is 4.25. The first-order chi connectivity index (χ1) is 8.54. The van der Waals surface area contributed by atoms with E-state index in [1.54, 1.807) is 6.92 Å². The molecular formula is C13H18O5. The van der Waals surface area contributed by atoms with Crippen LogP contribution in [-0.2, 0) is 19.1 Å². The van der Waals surface area contributed by atoms with Gasteiger partial charge in [-0.05, 0) is 25.2 Å². The van der Waals surface area contributed by atoms with Gasteiger partial charge < -0.3 is 14.6 Å². The molecule has 5 unspecified atom stereocenters. The zero-order chi connectivity index (χ0) is 13.3. The van der Waals surface area contributed by atoms with Crippen LogP contribution < -0.4 is 0 Å². The fraction of sp³-hybridized carbons (Fsp3) is 0.692. The fourth-order valence-electron chi connectivity index (χ4n) is 3.03. The minimum atomic E-state index is -0.909. The van der Waals surface area contributed by atoms with Gasteiger partial charge in [0.15, 0.2) is 0 Å². The van der Waals surface area contributed by atoms with Crippen molar-refractivity contribution in [2.75, 3.05) is 13.7 Å². The maximum atomic E-state index is 12.1. The van der Waals surface area contributed by atoms with E-state index in [2.05, 4.69) is 0 Å². The molecule has 1 fully saturated rings. The van der Waals surface area contributed by atoms with Crippen LogP contribution in [0.25, 0.3) is 0 Å². The van der Waals surface area contributed by atoms with Crippen molar-refractivity contribution >= 4 is 11.9 Å². The second-order valence-corrected chi connectivity index (χ2v) is 5.04. The summed E-state index contributed by atoms with van der Waals surface area (Å²) in [5, 5.41) is 9.23. The third kappa shape index (κ3) is 2.27. The van der Waals surface area contributed by atoms with Gasteiger partial charge in [-0.2, -0.15) is 0 Å². The summed E-state index contributed by atoms with van der Waals surface area (Å²) in [5.41, 5.74) is 0. The van der Waals surface area contributed by atoms with Crippen LogP contribution >= 0.6 is 0 Å². The standard InChI is InChI=1S/C13H18O5/c1-7(6-17-2)18-13(16)11-9-4-3-8(5-9)10(11)12(14)15/h3-4,7-11H,5-6H2,1-2H3,(H,14,15). The highest BCUT2D eigenvalue weighted by atomic mass is 16.6. The first-order valence-electron chi connectivity index (χ1n) is 6.15. The summed E-state index contributed by atoms with van der Waals surface area (Å²) in [6.45, 7) is 2.06. The van der Waals surface area contributed by atoms with Gasteiger partial charge >= 0.3 is 11.9 Å². The van der Waals surface area contributed by atoms with Crippen molar-refractivity contribution in [2.45, 2.75) is 19.4 Å². The number of carboxylic acids is 1. The Balaban J connectivity index is 2.05. The van der Waals surface area contributed by atoms with E-state index in [4.69, 9.17) is 9.47 Å². The molecule has 0 aromatic carbocycles. The SMILES string of the molecule is COCC(C)OC(=O)C1C2C=CC(C2)C1C(=O)O. The molecule has 18 heavy (non-hydrogen) atoms. The van der Waals surface area contributed by atoms with Gasteiger partial charge in [0.2, 0.25) is 0 Å². The van der Waals surface area contributed by atoms with Crippen LogP contribution in [0.3, 0.4) is 0 Å². The third-order valence-electron chi connectivity index (χ3n) is 3.74. The lowest BCUT2D eigenvalue weighted by atomic mass is 9.83. The predicted molar refractivity (Wildman–Crippen MR) is 62.8 cm³/mol. The summed E-state index contributed by atoms with van der Waals surface area (Å²) in [4.78, 5) is 23.3. The van der Waals surface area contributed by atoms with Crippen molar-refractivity contribution in [2.24, 2.45) is 23.7 Å². The van der Waals surface area contributed by atoms with E-state index in [1.165, 1.54) is 7.11 Å². The zero-order valence-electron chi connectivity index (χ0n) is 10.5. The van der Waals surface area contributed by atoms with Crippen LogP contribution in [0.4, 0.5) is 0 Å². The molecular weight excluding hydrogens is 236 g/mol. The fourth-order valence-corrected chi connectivity index (χ4v) is 3.03. The van der Waals surface area contributed by atoms with Gasteiger partial charge in [0.05, 0.1) is 18.4 Å². The number of hydrogen-bond acceptors (Lipinski definition) is 4. The second-order valence-electron chi connectivity index (χ2n) is 5.04. The van der Waals surface area contributed by atoms with Crippen LogP contribution in [0.1, 0.15) is 13.3 Å². The molecule has 0 aromatic rings. The molecule has 5 nitrogen and oxygen atoms in total. The Bertz CT molecular complexity index is 376. The predicted octanol–water partition coefficient (Wildman–Crippen LogP) is 1.09. The van der Waals surface area contributed by atoms with E-state index in [0.29, 0.717) is 6.61 Å². The number of hydrogen-bond donors (Lipinski definition) is 1. The lowest BCUT2D eigenvalue weighted by Crippen LogP contribution is -2.36. The average molecular weight is 254 g/mol. The normalized spacial score (nSPS) is 34.6. The van der Waals surface area contributed by atoms with Gasteiger partial charge in [-0.3, -0.25) is 9.59 Å². The minimum absolute atomic E-state index is 0.0124. The van der Waals surface area contributed by atoms with Gasteiger partial charge in [0.1, 0.15) is 6.10 Å². The number of fused-ring (bicyclic) bond motifs is 2. The molecule has 5 atom stereocenters. The summed E-state index contributed by atoms with van der Waals surface area (Å²) >= 11 is 0. The number of esters is 1. The second kappa shape index (κ2) is 5.10. The molecule has 100 valence electrons. The highest BCUT2D eigenvalue weighted by Gasteiger charge is 2.52. The molecule has 0 heterocycles. The van der Waals surface area contributed by atoms with E-state index in [9.17, 15) is 14.7 Å². The molecule has 0 radical (unpaired) electrons. The smallest absolute Gasteiger partial charge is 0.310 e. The number of ether oxygens (including phenoxy) is 2. The highest BCUT2D eigenvalue weighted by molar-refractivity contribution is 5.83. The molecule has 0 spiro atoms. The van der Waals surface area contributed by atoms with Crippen LogP contribution in [0.15, 0.2) is 12.2 Å². The van der Waals surface area contributed by atoms with Crippen molar-refractivity contribution in [3.8, 4) is 0 Å². The Morgan fingerprint density at radius 3 is 2.50 bits per heavy atom. The Hall–Kier alpha value is -1.36. The quantitative estimate of drug-likeness (QED) is 0.587. The van der Waals surface area contributed by atoms with Crippen LogP contribution in [0.2, 0.25) is 0 Å². The maximum Gasteiger partial charge on any atom is 0.310 e. The van der Waals surface area contributed by atoms with Crippen molar-refractivity contribution in [1.82, 2.24) is 0 Å². The molecule has 1 saturated carbocycles. The van der Waals surface area contributed by atoms with E-state index in [-0.39, 0.29) is 17.9 Å². The lowest BCUT2D eigenvalue weighted by molar-refractivity contribution is -0.163. The summed E-state index contributed by atoms with van der Waals surface area (Å²) in [7, 11) is 1.53. The van der Waals surface area contributed by atoms with Gasteiger partial charge in [-0.1, -0.05) is 12.2 Å². The largest absolute Gasteiger partial charge is 0.481 e. The number of rotatable bonds is 5. The Labute approximate surface area is 106 Å². The van der Waals surface area contributed by atoms with Gasteiger partial charge in [-0.25, -0.2) is 0 Å². The van der Waals surface area contributed by atoms with Crippen molar-refractivity contribution in [3.63, 3.8) is 0 Å². The number of carboxylic acid groups (broad SMARTS) is 1. The van der Waals surface area contributed by atoms with Crippen LogP contribution in [0, 0.1) is 23.7 Å². The highest BCUT2D eigenvalue weighted by Crippen LogP contribution is 2.48. The monoisotopic (exact) mass is 254 g/mol. The minimum Gasteiger partial charge on any atom is -0.481 e. The Morgan fingerprint density at radius 2 is 1.94 bits per heavy atom. The topological polar surface area (TPSA) is 72.8 Å². The summed E-state index contributed by atoms with van der Waals surface area (Å²) < 4.78 is 10.1. The first-order valence-corrected chi connectivity index (χ1v) is 6.15. The van der Waals surface area contributed by atoms with Crippen LogP contribution in [-0.4, -0.2) is 36.9 Å². The van der Waals surface area contributed by atoms with Crippen LogP contribution in [0.5, 0.6) is 0 Å². The van der Waals surface area contributed by atoms with Crippen molar-refractivity contribution in [3.05, 3.63) is 12.2 Å². The third-order valence-corrected chi connectivity index (χ3v) is 3.74. The van der Waals surface area contributed by atoms with E-state index >= 15 is 0 Å². The maximum absolute atomic E-state index is 12.1. The van der Waals surface area contributed by atoms with E-state index in [1.807, 2.05) is 12.2 Å². The van der Waals surface area contributed by atoms with Crippen molar-refractivity contribution < 1.29 is 24.2 Å². The molecule has 5 heteroatoms. The first kappa shape index (κ1) is 13.1. The van der Waals surface area contributed by atoms with Gasteiger partial charge in [0, 0.05) is 7.11 Å². The van der Waals surface area contributed by atoms with Gasteiger partial charge in [-0.15, -0.1) is 0 Å². The lowest BCUT2D eigenvalue weighted by Gasteiger charge is -2.24. The summed E-state index contributed by atoms with van der Waals surface area (Å²) in [5.74, 6) is -2.52. The number of allylic oxidation sites excluding steroid dienone is 2. The Morgan fingerprint density at radius 1 is 1.33 bits per heavy atom. The van der Waals surface area contributed by atoms with Crippen molar-refractivity contribution in [1.29, 1.82) is 0 Å². The molecule has 0 amide bonds. The molecule has 2 rings (SSSR count). The summed E-state index contributed by atoms with van der Waals surface area (Å²) in [6, 6.07) is 0. The number of methoxy groups -OCH3 is 1.